The molecule has 1 amide bonds. The fourth-order valence-electron chi connectivity index (χ4n) is 3.61. The molecule has 2 aliphatic rings. The average Bonchev–Trinajstić information content (AvgIpc) is 2.67. The summed E-state index contributed by atoms with van der Waals surface area (Å²) in [6.45, 7) is 1.60. The summed E-state index contributed by atoms with van der Waals surface area (Å²) >= 11 is 0. The predicted molar refractivity (Wildman–Crippen MR) is 71.4 cm³/mol. The third-order valence-electron chi connectivity index (χ3n) is 5.16. The molecule has 5 heteroatoms. The Hall–Kier alpha value is -0.940. The van der Waals surface area contributed by atoms with Crippen molar-refractivity contribution in [2.24, 2.45) is 11.7 Å². The van der Waals surface area contributed by atoms with Crippen LogP contribution in [0.2, 0.25) is 0 Å². The Bertz CT molecular complexity index is 383. The molecule has 1 aliphatic heterocycles. The smallest absolute Gasteiger partial charge is 0.223 e. The first kappa shape index (κ1) is 14.5. The van der Waals surface area contributed by atoms with Crippen LogP contribution in [-0.2, 0) is 9.59 Å². The van der Waals surface area contributed by atoms with Gasteiger partial charge in [0.2, 0.25) is 5.91 Å². The molecule has 1 saturated heterocycles. The number of hydrogen-bond donors (Lipinski definition) is 2. The van der Waals surface area contributed by atoms with Crippen molar-refractivity contribution in [3.05, 3.63) is 0 Å². The van der Waals surface area contributed by atoms with Crippen molar-refractivity contribution in [2.75, 3.05) is 7.05 Å². The summed E-state index contributed by atoms with van der Waals surface area (Å²) in [7, 11) is 2.01. The molecule has 2 unspecified atom stereocenters. The van der Waals surface area contributed by atoms with Gasteiger partial charge in [-0.05, 0) is 46.1 Å². The first-order valence-electron chi connectivity index (χ1n) is 7.12. The van der Waals surface area contributed by atoms with Gasteiger partial charge >= 0.3 is 0 Å². The van der Waals surface area contributed by atoms with Crippen LogP contribution in [0.15, 0.2) is 0 Å². The van der Waals surface area contributed by atoms with Crippen LogP contribution in [0.1, 0.15) is 45.4 Å². The minimum absolute atomic E-state index is 0.211. The molecule has 1 saturated carbocycles. The number of rotatable bonds is 5. The van der Waals surface area contributed by atoms with Crippen LogP contribution in [0.5, 0.6) is 0 Å². The van der Waals surface area contributed by atoms with Crippen LogP contribution < -0.4 is 5.73 Å². The van der Waals surface area contributed by atoms with Gasteiger partial charge in [-0.1, -0.05) is 0 Å². The molecule has 0 radical (unpaired) electrons. The summed E-state index contributed by atoms with van der Waals surface area (Å²) in [5.74, 6) is -0.563. The van der Waals surface area contributed by atoms with Crippen molar-refractivity contribution in [3.8, 4) is 0 Å². The first-order chi connectivity index (χ1) is 8.88. The van der Waals surface area contributed by atoms with Crippen LogP contribution in [0.3, 0.4) is 0 Å². The highest BCUT2D eigenvalue weighted by molar-refractivity contribution is 5.94. The first-order valence-corrected chi connectivity index (χ1v) is 7.12. The maximum Gasteiger partial charge on any atom is 0.223 e. The van der Waals surface area contributed by atoms with E-state index in [1.807, 2.05) is 7.05 Å². The highest BCUT2D eigenvalue weighted by Gasteiger charge is 2.54. The topological polar surface area (TPSA) is 83.6 Å². The van der Waals surface area contributed by atoms with Crippen molar-refractivity contribution in [2.45, 2.75) is 63.1 Å². The lowest BCUT2D eigenvalue weighted by Crippen LogP contribution is -2.57. The maximum atomic E-state index is 11.8. The average molecular weight is 268 g/mol. The number of nitrogens with zero attached hydrogens (tertiary/aromatic N) is 1. The number of likely N-dealkylation sites (tertiary alicyclic amines) is 1. The van der Waals surface area contributed by atoms with E-state index in [9.17, 15) is 14.7 Å². The Morgan fingerprint density at radius 1 is 1.58 bits per heavy atom. The molecule has 19 heavy (non-hydrogen) atoms. The summed E-state index contributed by atoms with van der Waals surface area (Å²) in [5, 5.41) is 9.56. The Morgan fingerprint density at radius 3 is 2.63 bits per heavy atom. The Kier molecular flexibility index (Phi) is 3.97. The number of aliphatic hydroxyl groups excluding tert-OH is 1. The lowest BCUT2D eigenvalue weighted by Gasteiger charge is -2.44. The van der Waals surface area contributed by atoms with E-state index in [0.717, 1.165) is 25.7 Å². The molecule has 0 aromatic heterocycles. The highest BCUT2D eigenvalue weighted by atomic mass is 16.3. The van der Waals surface area contributed by atoms with Crippen molar-refractivity contribution < 1.29 is 14.7 Å². The monoisotopic (exact) mass is 268 g/mol. The summed E-state index contributed by atoms with van der Waals surface area (Å²) < 4.78 is 0. The zero-order chi connectivity index (χ0) is 14.2. The van der Waals surface area contributed by atoms with E-state index < -0.39 is 17.9 Å². The SMILES string of the molecule is C[C@@H](O)[C@H](CCC1CCC2(CCC2=O)N1C)C(N)=O. The van der Waals surface area contributed by atoms with Gasteiger partial charge in [0.1, 0.15) is 0 Å². The van der Waals surface area contributed by atoms with Gasteiger partial charge in [0.05, 0.1) is 17.6 Å². The molecule has 0 aromatic carbocycles. The second-order valence-corrected chi connectivity index (χ2v) is 6.08. The molecule has 108 valence electrons. The van der Waals surface area contributed by atoms with E-state index in [-0.39, 0.29) is 5.54 Å². The van der Waals surface area contributed by atoms with Gasteiger partial charge in [-0.2, -0.15) is 0 Å². The summed E-state index contributed by atoms with van der Waals surface area (Å²) in [4.78, 5) is 25.3. The molecule has 0 aromatic rings. The molecule has 1 spiro atoms. The number of carbonyl (C=O) groups is 2. The lowest BCUT2D eigenvalue weighted by molar-refractivity contribution is -0.139. The maximum absolute atomic E-state index is 11.8. The number of aliphatic hydroxyl groups is 1. The van der Waals surface area contributed by atoms with Gasteiger partial charge in [-0.25, -0.2) is 0 Å². The number of amides is 1. The molecule has 3 N–H and O–H groups in total. The normalized spacial score (nSPS) is 34.3. The van der Waals surface area contributed by atoms with Crippen LogP contribution in [0, 0.1) is 5.92 Å². The molecule has 5 nitrogen and oxygen atoms in total. The van der Waals surface area contributed by atoms with E-state index in [1.54, 1.807) is 6.92 Å². The molecule has 0 bridgehead atoms. The quantitative estimate of drug-likeness (QED) is 0.758. The van der Waals surface area contributed by atoms with E-state index in [2.05, 4.69) is 4.90 Å². The molecule has 1 aliphatic carbocycles. The molecule has 2 fully saturated rings. The van der Waals surface area contributed by atoms with Gasteiger partial charge in [0.15, 0.2) is 5.78 Å². The fourth-order valence-corrected chi connectivity index (χ4v) is 3.61. The summed E-state index contributed by atoms with van der Waals surface area (Å²) in [6, 6.07) is 0.324. The van der Waals surface area contributed by atoms with Crippen LogP contribution in [0.25, 0.3) is 0 Å². The van der Waals surface area contributed by atoms with Gasteiger partial charge < -0.3 is 10.8 Å². The van der Waals surface area contributed by atoms with Gasteiger partial charge in [0.25, 0.3) is 0 Å². The Morgan fingerprint density at radius 2 is 2.26 bits per heavy atom. The minimum atomic E-state index is -0.705. The summed E-state index contributed by atoms with van der Waals surface area (Å²) in [6.07, 6.45) is 4.29. The van der Waals surface area contributed by atoms with Crippen molar-refractivity contribution in [1.82, 2.24) is 4.90 Å². The van der Waals surface area contributed by atoms with Crippen LogP contribution in [0.4, 0.5) is 0 Å². The largest absolute Gasteiger partial charge is 0.393 e. The third-order valence-corrected chi connectivity index (χ3v) is 5.16. The number of ketones is 1. The van der Waals surface area contributed by atoms with Crippen molar-refractivity contribution >= 4 is 11.7 Å². The number of hydrogen-bond acceptors (Lipinski definition) is 4. The van der Waals surface area contributed by atoms with Crippen LogP contribution >= 0.6 is 0 Å². The zero-order valence-corrected chi connectivity index (χ0v) is 11.8. The predicted octanol–water partition coefficient (Wildman–Crippen LogP) is 0.445. The number of nitrogens with two attached hydrogens (primary N) is 1. The van der Waals surface area contributed by atoms with Crippen LogP contribution in [-0.4, -0.2) is 46.4 Å². The van der Waals surface area contributed by atoms with E-state index in [1.165, 1.54) is 0 Å². The van der Waals surface area contributed by atoms with Gasteiger partial charge in [-0.15, -0.1) is 0 Å². The van der Waals surface area contributed by atoms with E-state index in [4.69, 9.17) is 5.73 Å². The van der Waals surface area contributed by atoms with Crippen molar-refractivity contribution in [3.63, 3.8) is 0 Å². The Balaban J connectivity index is 1.91. The highest BCUT2D eigenvalue weighted by Crippen LogP contribution is 2.45. The Labute approximate surface area is 114 Å². The second kappa shape index (κ2) is 5.21. The van der Waals surface area contributed by atoms with Gasteiger partial charge in [-0.3, -0.25) is 14.5 Å². The molecular formula is C14H24N2O3. The zero-order valence-electron chi connectivity index (χ0n) is 11.8. The standard InChI is InChI=1S/C14H24N2O3/c1-9(17)11(13(15)19)4-3-10-5-7-14(16(10)2)8-6-12(14)18/h9-11,17H,3-8H2,1-2H3,(H2,15,19)/t9-,10?,11+,14?/m1/s1. The molecule has 4 atom stereocenters. The third kappa shape index (κ3) is 2.41. The lowest BCUT2D eigenvalue weighted by atomic mass is 9.73. The van der Waals surface area contributed by atoms with E-state index >= 15 is 0 Å². The number of likely N-dealkylation sites (N-methyl/N-ethyl adjacent to an activating group) is 1. The second-order valence-electron chi connectivity index (χ2n) is 6.08. The minimum Gasteiger partial charge on any atom is -0.393 e. The number of primary amides is 1. The number of Topliss-reactive ketones (excluding diaryl/α,β-unsaturated/α-hetero) is 1. The molecular weight excluding hydrogens is 244 g/mol. The molecule has 1 heterocycles. The summed E-state index contributed by atoms with van der Waals surface area (Å²) in [5.41, 5.74) is 5.09. The number of carbonyl (C=O) groups excluding carboxylic acids is 2. The van der Waals surface area contributed by atoms with Gasteiger partial charge in [0, 0.05) is 12.5 Å². The van der Waals surface area contributed by atoms with E-state index in [0.29, 0.717) is 24.7 Å². The molecule has 2 rings (SSSR count). The fraction of sp³-hybridized carbons (Fsp3) is 0.857. The van der Waals surface area contributed by atoms with Crippen molar-refractivity contribution in [1.29, 1.82) is 0 Å².